The smallest absolute Gasteiger partial charge is 0.163 e. The van der Waals surface area contributed by atoms with Gasteiger partial charge in [0.1, 0.15) is 0 Å². The van der Waals surface area contributed by atoms with Crippen molar-refractivity contribution in [2.45, 2.75) is 118 Å². The highest BCUT2D eigenvalue weighted by atomic mass is 16.1. The summed E-state index contributed by atoms with van der Waals surface area (Å²) in [6, 6.07) is 9.88. The third-order valence-electron chi connectivity index (χ3n) is 13.0. The van der Waals surface area contributed by atoms with Gasteiger partial charge in [-0.1, -0.05) is 90.6 Å². The molecule has 0 bridgehead atoms. The molecular formula is C35H54O. The van der Waals surface area contributed by atoms with Crippen molar-refractivity contribution in [1.82, 2.24) is 0 Å². The van der Waals surface area contributed by atoms with Gasteiger partial charge in [-0.2, -0.15) is 0 Å². The van der Waals surface area contributed by atoms with Crippen LogP contribution in [0.15, 0.2) is 30.3 Å². The van der Waals surface area contributed by atoms with Crippen LogP contribution in [0.25, 0.3) is 0 Å². The second-order valence-corrected chi connectivity index (χ2v) is 14.6. The van der Waals surface area contributed by atoms with E-state index < -0.39 is 0 Å². The van der Waals surface area contributed by atoms with Gasteiger partial charge in [0.2, 0.25) is 0 Å². The molecule has 1 nitrogen and oxygen atoms in total. The van der Waals surface area contributed by atoms with Crippen LogP contribution in [-0.2, 0) is 0 Å². The summed E-state index contributed by atoms with van der Waals surface area (Å²) < 4.78 is 0. The van der Waals surface area contributed by atoms with E-state index in [1.807, 2.05) is 30.3 Å². The Morgan fingerprint density at radius 1 is 0.806 bits per heavy atom. The molecular weight excluding hydrogens is 436 g/mol. The molecule has 0 amide bonds. The summed E-state index contributed by atoms with van der Waals surface area (Å²) in [5.74, 6) is 7.17. The summed E-state index contributed by atoms with van der Waals surface area (Å²) in [7, 11) is 0. The average Bonchev–Trinajstić information content (AvgIpc) is 3.24. The van der Waals surface area contributed by atoms with Crippen molar-refractivity contribution in [1.29, 1.82) is 0 Å². The minimum atomic E-state index is 0.312. The fraction of sp³-hybridized carbons (Fsp3) is 0.800. The molecule has 4 aliphatic carbocycles. The minimum absolute atomic E-state index is 0.312. The van der Waals surface area contributed by atoms with Crippen LogP contribution in [0.4, 0.5) is 0 Å². The first-order valence-electron chi connectivity index (χ1n) is 15.8. The maximum atomic E-state index is 12.7. The molecule has 0 aromatic heterocycles. The van der Waals surface area contributed by atoms with E-state index in [2.05, 4.69) is 34.6 Å². The van der Waals surface area contributed by atoms with Crippen molar-refractivity contribution >= 4 is 5.78 Å². The van der Waals surface area contributed by atoms with Crippen molar-refractivity contribution in [3.05, 3.63) is 35.9 Å². The van der Waals surface area contributed by atoms with E-state index in [0.717, 1.165) is 41.1 Å². The molecule has 1 aromatic carbocycles. The Morgan fingerprint density at radius 2 is 1.56 bits per heavy atom. The van der Waals surface area contributed by atoms with Crippen LogP contribution in [0.2, 0.25) is 0 Å². The zero-order chi connectivity index (χ0) is 25.5. The quantitative estimate of drug-likeness (QED) is 0.331. The van der Waals surface area contributed by atoms with Crippen molar-refractivity contribution in [2.24, 2.45) is 58.2 Å². The maximum Gasteiger partial charge on any atom is 0.163 e. The highest BCUT2D eigenvalue weighted by Crippen LogP contribution is 2.68. The van der Waals surface area contributed by atoms with E-state index in [0.29, 0.717) is 34.9 Å². The molecule has 0 heterocycles. The van der Waals surface area contributed by atoms with Gasteiger partial charge < -0.3 is 0 Å². The highest BCUT2D eigenvalue weighted by molar-refractivity contribution is 5.96. The largest absolute Gasteiger partial charge is 0.294 e. The third kappa shape index (κ3) is 4.75. The topological polar surface area (TPSA) is 17.1 Å². The summed E-state index contributed by atoms with van der Waals surface area (Å²) >= 11 is 0. The van der Waals surface area contributed by atoms with Gasteiger partial charge in [0.05, 0.1) is 0 Å². The van der Waals surface area contributed by atoms with Crippen LogP contribution in [0.3, 0.4) is 0 Å². The molecule has 36 heavy (non-hydrogen) atoms. The fourth-order valence-corrected chi connectivity index (χ4v) is 10.5. The van der Waals surface area contributed by atoms with Gasteiger partial charge in [-0.15, -0.1) is 0 Å². The first-order chi connectivity index (χ1) is 17.2. The Bertz CT molecular complexity index is 889. The number of ketones is 1. The van der Waals surface area contributed by atoms with Crippen LogP contribution < -0.4 is 0 Å². The van der Waals surface area contributed by atoms with E-state index in [4.69, 9.17) is 0 Å². The Morgan fingerprint density at radius 3 is 2.33 bits per heavy atom. The van der Waals surface area contributed by atoms with E-state index in [1.165, 1.54) is 77.0 Å². The van der Waals surface area contributed by atoms with E-state index in [-0.39, 0.29) is 0 Å². The number of hydrogen-bond donors (Lipinski definition) is 0. The number of carbonyl (C=O) groups is 1. The monoisotopic (exact) mass is 490 g/mol. The molecule has 1 heteroatoms. The normalized spacial score (nSPS) is 40.4. The van der Waals surface area contributed by atoms with Crippen molar-refractivity contribution in [3.8, 4) is 0 Å². The zero-order valence-corrected chi connectivity index (χ0v) is 24.1. The second kappa shape index (κ2) is 10.6. The number of Topliss-reactive ketones (excluding diaryl/α,β-unsaturated/α-hetero) is 1. The standard InChI is InChI=1S/C35H54O/c1-24(26(3)23-33(36)27-11-7-6-8-12-27)14-15-25(2)30-18-19-31-29-17-16-28-13-9-10-21-34(28,4)32(29)20-22-35(30,31)5/h6-8,11-12,24-26,28-32H,9-10,13-23H2,1-5H3/t24-,25+,26?,28?,29-,30+,31-,32-,34-,35+/m0/s1. The number of carbonyl (C=O) groups excluding carboxylic acids is 1. The molecule has 4 saturated carbocycles. The molecule has 0 aliphatic heterocycles. The molecule has 5 rings (SSSR count). The molecule has 0 radical (unpaired) electrons. The Hall–Kier alpha value is -1.11. The first-order valence-corrected chi connectivity index (χ1v) is 15.8. The molecule has 0 saturated heterocycles. The van der Waals surface area contributed by atoms with Crippen LogP contribution in [0, 0.1) is 58.2 Å². The molecule has 2 unspecified atom stereocenters. The summed E-state index contributed by atoms with van der Waals surface area (Å²) in [4.78, 5) is 12.7. The lowest BCUT2D eigenvalue weighted by molar-refractivity contribution is -0.114. The van der Waals surface area contributed by atoms with Gasteiger partial charge in [0.25, 0.3) is 0 Å². The Labute approximate surface area is 222 Å². The number of rotatable bonds is 8. The summed E-state index contributed by atoms with van der Waals surface area (Å²) in [5, 5.41) is 0. The van der Waals surface area contributed by atoms with Gasteiger partial charge in [-0.3, -0.25) is 4.79 Å². The van der Waals surface area contributed by atoms with Gasteiger partial charge in [0, 0.05) is 12.0 Å². The van der Waals surface area contributed by atoms with E-state index in [1.54, 1.807) is 0 Å². The van der Waals surface area contributed by atoms with E-state index in [9.17, 15) is 4.79 Å². The molecule has 4 fully saturated rings. The highest BCUT2D eigenvalue weighted by Gasteiger charge is 2.60. The molecule has 200 valence electrons. The third-order valence-corrected chi connectivity index (χ3v) is 13.0. The molecule has 1 aromatic rings. The van der Waals surface area contributed by atoms with Crippen LogP contribution in [0.1, 0.15) is 128 Å². The molecule has 10 atom stereocenters. The fourth-order valence-electron chi connectivity index (χ4n) is 10.5. The van der Waals surface area contributed by atoms with Crippen molar-refractivity contribution in [2.75, 3.05) is 0 Å². The van der Waals surface area contributed by atoms with Crippen molar-refractivity contribution < 1.29 is 4.79 Å². The van der Waals surface area contributed by atoms with Gasteiger partial charge in [-0.25, -0.2) is 0 Å². The van der Waals surface area contributed by atoms with E-state index >= 15 is 0 Å². The lowest BCUT2D eigenvalue weighted by Gasteiger charge is -2.61. The minimum Gasteiger partial charge on any atom is -0.294 e. The first kappa shape index (κ1) is 26.5. The molecule has 0 spiro atoms. The number of hydrogen-bond acceptors (Lipinski definition) is 1. The van der Waals surface area contributed by atoms with Crippen LogP contribution in [-0.4, -0.2) is 5.78 Å². The second-order valence-electron chi connectivity index (χ2n) is 14.6. The predicted molar refractivity (Wildman–Crippen MR) is 152 cm³/mol. The zero-order valence-electron chi connectivity index (χ0n) is 24.1. The number of fused-ring (bicyclic) bond motifs is 5. The van der Waals surface area contributed by atoms with Crippen molar-refractivity contribution in [3.63, 3.8) is 0 Å². The molecule has 0 N–H and O–H groups in total. The lowest BCUT2D eigenvalue weighted by Crippen LogP contribution is -2.53. The Kier molecular flexibility index (Phi) is 7.78. The van der Waals surface area contributed by atoms with Crippen LogP contribution in [0.5, 0.6) is 0 Å². The van der Waals surface area contributed by atoms with Gasteiger partial charge >= 0.3 is 0 Å². The maximum absolute atomic E-state index is 12.7. The summed E-state index contributed by atoms with van der Waals surface area (Å²) in [5.41, 5.74) is 2.12. The van der Waals surface area contributed by atoms with Gasteiger partial charge in [-0.05, 0) is 110 Å². The predicted octanol–water partition coefficient (Wildman–Crippen LogP) is 10.00. The SMILES string of the molecule is CC(CC(=O)c1ccccc1)[C@@H](C)CC[C@@H](C)[C@H]1CC[C@H]2[C@@H]3CCC4CCCC[C@]4(C)[C@H]3CC[C@]12C. The summed E-state index contributed by atoms with van der Waals surface area (Å²) in [6.45, 7) is 12.7. The lowest BCUT2D eigenvalue weighted by atomic mass is 9.44. The number of benzene rings is 1. The Balaban J connectivity index is 1.17. The summed E-state index contributed by atoms with van der Waals surface area (Å²) in [6.07, 6.45) is 18.4. The van der Waals surface area contributed by atoms with Gasteiger partial charge in [0.15, 0.2) is 5.78 Å². The molecule has 4 aliphatic rings. The van der Waals surface area contributed by atoms with Crippen LogP contribution >= 0.6 is 0 Å². The average molecular weight is 491 g/mol.